The highest BCUT2D eigenvalue weighted by Gasteiger charge is 2.29. The number of nitrogens with one attached hydrogen (secondary N) is 1. The van der Waals surface area contributed by atoms with Crippen LogP contribution in [0.2, 0.25) is 5.02 Å². The number of fused-ring (bicyclic) bond motifs is 1. The second-order valence-corrected chi connectivity index (χ2v) is 6.32. The third-order valence-corrected chi connectivity index (χ3v) is 4.16. The van der Waals surface area contributed by atoms with E-state index >= 15 is 0 Å². The summed E-state index contributed by atoms with van der Waals surface area (Å²) in [6.45, 7) is 5.23. The number of carboxylic acids is 1. The largest absolute Gasteiger partial charge is 0.475 e. The molecule has 0 bridgehead atoms. The number of hydrogen-bond acceptors (Lipinski definition) is 4. The van der Waals surface area contributed by atoms with Gasteiger partial charge < -0.3 is 19.6 Å². The molecule has 0 radical (unpaired) electrons. The van der Waals surface area contributed by atoms with E-state index in [-0.39, 0.29) is 17.1 Å². The van der Waals surface area contributed by atoms with E-state index in [1.165, 1.54) is 12.1 Å². The molecule has 116 valence electrons. The molecule has 1 aromatic carbocycles. The summed E-state index contributed by atoms with van der Waals surface area (Å²) >= 11 is 6.25. The van der Waals surface area contributed by atoms with Crippen LogP contribution in [-0.4, -0.2) is 17.6 Å². The smallest absolute Gasteiger partial charge is 0.371 e. The molecule has 0 saturated carbocycles. The van der Waals surface area contributed by atoms with Crippen molar-refractivity contribution in [1.82, 2.24) is 0 Å². The van der Waals surface area contributed by atoms with E-state index in [4.69, 9.17) is 25.9 Å². The second-order valence-electron chi connectivity index (χ2n) is 5.91. The molecule has 0 aliphatic carbocycles. The molecular weight excluding hydrogens is 306 g/mol. The molecule has 6 heteroatoms. The van der Waals surface area contributed by atoms with Gasteiger partial charge in [-0.15, -0.1) is 0 Å². The highest BCUT2D eigenvalue weighted by Crippen LogP contribution is 2.43. The summed E-state index contributed by atoms with van der Waals surface area (Å²) in [5.74, 6) is -0.771. The van der Waals surface area contributed by atoms with E-state index < -0.39 is 5.97 Å². The number of carboxylic acid groups (broad SMARTS) is 1. The van der Waals surface area contributed by atoms with Crippen molar-refractivity contribution < 1.29 is 19.1 Å². The highest BCUT2D eigenvalue weighted by molar-refractivity contribution is 6.32. The maximum atomic E-state index is 10.8. The summed E-state index contributed by atoms with van der Waals surface area (Å²) < 4.78 is 10.7. The summed E-state index contributed by atoms with van der Waals surface area (Å²) in [6, 6.07) is 6.51. The van der Waals surface area contributed by atoms with Crippen molar-refractivity contribution in [3.63, 3.8) is 0 Å². The standard InChI is InChI=1S/C16H16ClNO4/c1-16(2)5-6-18-11-8-10(17)13(7-9(11)16)22-14-4-3-12(21-14)15(19)20/h3-4,7-8,18H,5-6H2,1-2H3,(H,19,20). The van der Waals surface area contributed by atoms with Gasteiger partial charge in [0, 0.05) is 18.3 Å². The zero-order chi connectivity index (χ0) is 15.9. The monoisotopic (exact) mass is 321 g/mol. The molecule has 0 amide bonds. The average molecular weight is 322 g/mol. The van der Waals surface area contributed by atoms with Crippen LogP contribution in [0.1, 0.15) is 36.4 Å². The van der Waals surface area contributed by atoms with Gasteiger partial charge in [-0.2, -0.15) is 0 Å². The Balaban J connectivity index is 1.95. The molecule has 2 heterocycles. The number of benzene rings is 1. The Bertz CT molecular complexity index is 736. The first-order valence-electron chi connectivity index (χ1n) is 6.96. The molecule has 0 saturated heterocycles. The first-order valence-corrected chi connectivity index (χ1v) is 7.33. The molecule has 2 aromatic rings. The van der Waals surface area contributed by atoms with E-state index in [0.29, 0.717) is 10.8 Å². The zero-order valence-electron chi connectivity index (χ0n) is 12.3. The van der Waals surface area contributed by atoms with Gasteiger partial charge in [0.25, 0.3) is 5.95 Å². The fourth-order valence-electron chi connectivity index (χ4n) is 2.58. The number of aromatic carboxylic acids is 1. The van der Waals surface area contributed by atoms with Crippen LogP contribution in [0.25, 0.3) is 0 Å². The summed E-state index contributed by atoms with van der Waals surface area (Å²) in [7, 11) is 0. The van der Waals surface area contributed by atoms with Crippen molar-refractivity contribution in [2.75, 3.05) is 11.9 Å². The Labute approximate surface area is 132 Å². The molecule has 0 atom stereocenters. The van der Waals surface area contributed by atoms with Crippen molar-refractivity contribution >= 4 is 23.3 Å². The van der Waals surface area contributed by atoms with Crippen molar-refractivity contribution in [2.24, 2.45) is 0 Å². The van der Waals surface area contributed by atoms with Gasteiger partial charge >= 0.3 is 5.97 Å². The molecule has 3 rings (SSSR count). The second kappa shape index (κ2) is 5.25. The number of hydrogen-bond donors (Lipinski definition) is 2. The molecule has 5 nitrogen and oxygen atoms in total. The first-order chi connectivity index (χ1) is 10.4. The van der Waals surface area contributed by atoms with E-state index in [2.05, 4.69) is 19.2 Å². The minimum Gasteiger partial charge on any atom is -0.475 e. The summed E-state index contributed by atoms with van der Waals surface area (Å²) in [5.41, 5.74) is 2.13. The number of rotatable bonds is 3. The van der Waals surface area contributed by atoms with Crippen LogP contribution < -0.4 is 10.1 Å². The predicted molar refractivity (Wildman–Crippen MR) is 83.3 cm³/mol. The van der Waals surface area contributed by atoms with Gasteiger partial charge in [-0.1, -0.05) is 25.4 Å². The fraction of sp³-hybridized carbons (Fsp3) is 0.312. The number of halogens is 1. The summed E-state index contributed by atoms with van der Waals surface area (Å²) in [4.78, 5) is 10.8. The predicted octanol–water partition coefficient (Wildman–Crippen LogP) is 4.52. The highest BCUT2D eigenvalue weighted by atomic mass is 35.5. The topological polar surface area (TPSA) is 71.7 Å². The number of anilines is 1. The van der Waals surface area contributed by atoms with E-state index in [9.17, 15) is 4.79 Å². The van der Waals surface area contributed by atoms with Crippen molar-refractivity contribution in [2.45, 2.75) is 25.7 Å². The van der Waals surface area contributed by atoms with E-state index in [0.717, 1.165) is 24.2 Å². The molecule has 0 spiro atoms. The van der Waals surface area contributed by atoms with Gasteiger partial charge in [-0.25, -0.2) is 4.79 Å². The van der Waals surface area contributed by atoms with Crippen molar-refractivity contribution in [1.29, 1.82) is 0 Å². The van der Waals surface area contributed by atoms with Crippen LogP contribution >= 0.6 is 11.6 Å². The molecule has 0 fully saturated rings. The SMILES string of the molecule is CC1(C)CCNc2cc(Cl)c(Oc3ccc(C(=O)O)o3)cc21. The molecule has 2 N–H and O–H groups in total. The van der Waals surface area contributed by atoms with Crippen LogP contribution in [0, 0.1) is 0 Å². The van der Waals surface area contributed by atoms with Crippen LogP contribution in [0.4, 0.5) is 5.69 Å². The maximum Gasteiger partial charge on any atom is 0.371 e. The molecule has 1 aliphatic rings. The van der Waals surface area contributed by atoms with Gasteiger partial charge in [0.15, 0.2) is 0 Å². The summed E-state index contributed by atoms with van der Waals surface area (Å²) in [5, 5.41) is 12.6. The lowest BCUT2D eigenvalue weighted by atomic mass is 9.78. The third kappa shape index (κ3) is 2.64. The molecule has 1 aromatic heterocycles. The maximum absolute atomic E-state index is 10.8. The Kier molecular flexibility index (Phi) is 3.53. The minimum atomic E-state index is -1.14. The Morgan fingerprint density at radius 2 is 2.18 bits per heavy atom. The molecule has 0 unspecified atom stereocenters. The van der Waals surface area contributed by atoms with Gasteiger partial charge in [0.2, 0.25) is 5.76 Å². The van der Waals surface area contributed by atoms with E-state index in [1.807, 2.05) is 12.1 Å². The van der Waals surface area contributed by atoms with Crippen LogP contribution in [-0.2, 0) is 5.41 Å². The Hall–Kier alpha value is -2.14. The van der Waals surface area contributed by atoms with Crippen LogP contribution in [0.15, 0.2) is 28.7 Å². The number of carbonyl (C=O) groups is 1. The number of ether oxygens (including phenoxy) is 1. The molecule has 1 aliphatic heterocycles. The minimum absolute atomic E-state index is 0.0126. The quantitative estimate of drug-likeness (QED) is 0.869. The van der Waals surface area contributed by atoms with E-state index in [1.54, 1.807) is 0 Å². The van der Waals surface area contributed by atoms with Crippen molar-refractivity contribution in [3.05, 3.63) is 40.6 Å². The average Bonchev–Trinajstić information content (AvgIpc) is 2.89. The number of furan rings is 1. The van der Waals surface area contributed by atoms with Gasteiger partial charge in [0.1, 0.15) is 5.75 Å². The molecule has 22 heavy (non-hydrogen) atoms. The lowest BCUT2D eigenvalue weighted by Crippen LogP contribution is -2.28. The van der Waals surface area contributed by atoms with Crippen LogP contribution in [0.3, 0.4) is 0 Å². The summed E-state index contributed by atoms with van der Waals surface area (Å²) in [6.07, 6.45) is 1.00. The lowest BCUT2D eigenvalue weighted by molar-refractivity contribution is 0.0657. The van der Waals surface area contributed by atoms with Crippen molar-refractivity contribution in [3.8, 4) is 11.7 Å². The normalized spacial score (nSPS) is 15.8. The lowest BCUT2D eigenvalue weighted by Gasteiger charge is -2.33. The van der Waals surface area contributed by atoms with Gasteiger partial charge in [0.05, 0.1) is 5.02 Å². The molecular formula is C16H16ClNO4. The van der Waals surface area contributed by atoms with Gasteiger partial charge in [-0.3, -0.25) is 0 Å². The first kappa shape index (κ1) is 14.8. The zero-order valence-corrected chi connectivity index (χ0v) is 13.0. The Morgan fingerprint density at radius 3 is 2.86 bits per heavy atom. The fourth-order valence-corrected chi connectivity index (χ4v) is 2.78. The van der Waals surface area contributed by atoms with Gasteiger partial charge in [-0.05, 0) is 35.6 Å². The van der Waals surface area contributed by atoms with Crippen LogP contribution in [0.5, 0.6) is 11.7 Å². The third-order valence-electron chi connectivity index (χ3n) is 3.87. The Morgan fingerprint density at radius 1 is 1.41 bits per heavy atom.